The maximum Gasteiger partial charge on any atom is 0.0877 e. The number of rotatable bonds is 2. The van der Waals surface area contributed by atoms with E-state index < -0.39 is 0 Å². The molecule has 0 aliphatic heterocycles. The van der Waals surface area contributed by atoms with Gasteiger partial charge in [-0.05, 0) is 35.0 Å². The SMILES string of the molecule is CCNc1c(N)cnc2c(Br)ccc(Br)c12. The fourth-order valence-electron chi connectivity index (χ4n) is 1.62. The van der Waals surface area contributed by atoms with E-state index in [4.69, 9.17) is 5.73 Å². The minimum Gasteiger partial charge on any atom is -0.396 e. The van der Waals surface area contributed by atoms with E-state index in [0.717, 1.165) is 32.1 Å². The number of fused-ring (bicyclic) bond motifs is 1. The fraction of sp³-hybridized carbons (Fsp3) is 0.182. The third-order valence-electron chi connectivity index (χ3n) is 2.30. The Balaban J connectivity index is 2.85. The molecular weight excluding hydrogens is 334 g/mol. The number of nitrogen functional groups attached to an aromatic ring is 1. The highest BCUT2D eigenvalue weighted by Gasteiger charge is 2.11. The molecule has 0 bridgehead atoms. The van der Waals surface area contributed by atoms with Gasteiger partial charge in [-0.1, -0.05) is 15.9 Å². The second-order valence-electron chi connectivity index (χ2n) is 3.37. The van der Waals surface area contributed by atoms with Gasteiger partial charge in [-0.3, -0.25) is 4.98 Å². The lowest BCUT2D eigenvalue weighted by Gasteiger charge is -2.12. The molecule has 0 aliphatic rings. The van der Waals surface area contributed by atoms with Crippen LogP contribution in [-0.2, 0) is 0 Å². The van der Waals surface area contributed by atoms with Gasteiger partial charge >= 0.3 is 0 Å². The number of benzene rings is 1. The molecule has 2 aromatic rings. The van der Waals surface area contributed by atoms with E-state index in [1.165, 1.54) is 0 Å². The molecule has 0 saturated heterocycles. The number of nitrogens with two attached hydrogens (primary N) is 1. The third-order valence-corrected chi connectivity index (χ3v) is 3.60. The number of aromatic nitrogens is 1. The molecule has 0 saturated carbocycles. The zero-order valence-electron chi connectivity index (χ0n) is 8.72. The minimum atomic E-state index is 0.660. The van der Waals surface area contributed by atoms with Gasteiger partial charge in [0.1, 0.15) is 0 Å². The molecule has 1 aromatic carbocycles. The Bertz CT molecular complexity index is 540. The summed E-state index contributed by atoms with van der Waals surface area (Å²) in [5, 5.41) is 4.28. The number of hydrogen-bond donors (Lipinski definition) is 2. The summed E-state index contributed by atoms with van der Waals surface area (Å²) in [5.74, 6) is 0. The smallest absolute Gasteiger partial charge is 0.0877 e. The molecule has 1 aromatic heterocycles. The van der Waals surface area contributed by atoms with E-state index in [1.807, 2.05) is 19.1 Å². The second kappa shape index (κ2) is 4.59. The Morgan fingerprint density at radius 3 is 2.69 bits per heavy atom. The average molecular weight is 345 g/mol. The van der Waals surface area contributed by atoms with Crippen molar-refractivity contribution in [2.45, 2.75) is 6.92 Å². The molecule has 3 N–H and O–H groups in total. The predicted molar refractivity (Wildman–Crippen MR) is 75.7 cm³/mol. The number of pyridine rings is 1. The van der Waals surface area contributed by atoms with E-state index in [9.17, 15) is 0 Å². The summed E-state index contributed by atoms with van der Waals surface area (Å²) >= 11 is 7.02. The van der Waals surface area contributed by atoms with Gasteiger partial charge in [0, 0.05) is 20.9 Å². The highest BCUT2D eigenvalue weighted by Crippen LogP contribution is 2.36. The molecule has 0 fully saturated rings. The van der Waals surface area contributed by atoms with Crippen molar-refractivity contribution in [2.24, 2.45) is 0 Å². The van der Waals surface area contributed by atoms with Crippen molar-refractivity contribution in [3.63, 3.8) is 0 Å². The molecule has 3 nitrogen and oxygen atoms in total. The van der Waals surface area contributed by atoms with Gasteiger partial charge in [0.05, 0.1) is 23.1 Å². The maximum atomic E-state index is 5.93. The number of nitrogens with one attached hydrogen (secondary N) is 1. The first-order valence-corrected chi connectivity index (χ1v) is 6.49. The van der Waals surface area contributed by atoms with E-state index in [1.54, 1.807) is 6.20 Å². The van der Waals surface area contributed by atoms with Gasteiger partial charge in [0.2, 0.25) is 0 Å². The summed E-state index contributed by atoms with van der Waals surface area (Å²) in [6.07, 6.45) is 1.68. The van der Waals surface area contributed by atoms with E-state index in [0.29, 0.717) is 5.69 Å². The highest BCUT2D eigenvalue weighted by molar-refractivity contribution is 9.11. The van der Waals surface area contributed by atoms with Crippen molar-refractivity contribution >= 4 is 54.1 Å². The quantitative estimate of drug-likeness (QED) is 0.871. The van der Waals surface area contributed by atoms with Crippen molar-refractivity contribution in [1.29, 1.82) is 0 Å². The third kappa shape index (κ3) is 1.89. The summed E-state index contributed by atoms with van der Waals surface area (Å²) in [7, 11) is 0. The molecular formula is C11H11Br2N3. The van der Waals surface area contributed by atoms with Crippen LogP contribution >= 0.6 is 31.9 Å². The first-order chi connectivity index (χ1) is 7.65. The molecule has 1 heterocycles. The Morgan fingerprint density at radius 2 is 2.00 bits per heavy atom. The molecule has 0 radical (unpaired) electrons. The lowest BCUT2D eigenvalue weighted by molar-refractivity contribution is 1.21. The maximum absolute atomic E-state index is 5.93. The van der Waals surface area contributed by atoms with Crippen LogP contribution in [0.5, 0.6) is 0 Å². The van der Waals surface area contributed by atoms with Crippen molar-refractivity contribution in [1.82, 2.24) is 4.98 Å². The summed E-state index contributed by atoms with van der Waals surface area (Å²) in [6, 6.07) is 3.94. The number of hydrogen-bond acceptors (Lipinski definition) is 3. The molecule has 0 atom stereocenters. The minimum absolute atomic E-state index is 0.660. The summed E-state index contributed by atoms with van der Waals surface area (Å²) < 4.78 is 1.95. The molecule has 84 valence electrons. The van der Waals surface area contributed by atoms with Crippen LogP contribution in [0.3, 0.4) is 0 Å². The Hall–Kier alpha value is -0.810. The predicted octanol–water partition coefficient (Wildman–Crippen LogP) is 3.77. The first kappa shape index (κ1) is 11.7. The van der Waals surface area contributed by atoms with Gasteiger partial charge in [-0.25, -0.2) is 0 Å². The molecule has 5 heteroatoms. The van der Waals surface area contributed by atoms with Crippen LogP contribution in [0.1, 0.15) is 6.92 Å². The summed E-state index contributed by atoms with van der Waals surface area (Å²) in [6.45, 7) is 2.86. The van der Waals surface area contributed by atoms with Crippen LogP contribution in [0.2, 0.25) is 0 Å². The van der Waals surface area contributed by atoms with Gasteiger partial charge in [-0.2, -0.15) is 0 Å². The van der Waals surface area contributed by atoms with E-state index >= 15 is 0 Å². The largest absolute Gasteiger partial charge is 0.396 e. The van der Waals surface area contributed by atoms with Gasteiger partial charge in [0.25, 0.3) is 0 Å². The Kier molecular flexibility index (Phi) is 3.35. The van der Waals surface area contributed by atoms with Crippen molar-refractivity contribution in [2.75, 3.05) is 17.6 Å². The zero-order valence-corrected chi connectivity index (χ0v) is 11.9. The molecule has 0 amide bonds. The Morgan fingerprint density at radius 1 is 1.31 bits per heavy atom. The fourth-order valence-corrected chi connectivity index (χ4v) is 2.57. The number of nitrogens with zero attached hydrogens (tertiary/aromatic N) is 1. The zero-order chi connectivity index (χ0) is 11.7. The van der Waals surface area contributed by atoms with Crippen molar-refractivity contribution in [3.05, 3.63) is 27.3 Å². The summed E-state index contributed by atoms with van der Waals surface area (Å²) in [4.78, 5) is 4.34. The van der Waals surface area contributed by atoms with Crippen molar-refractivity contribution in [3.8, 4) is 0 Å². The van der Waals surface area contributed by atoms with Crippen molar-refractivity contribution < 1.29 is 0 Å². The molecule has 0 spiro atoms. The first-order valence-electron chi connectivity index (χ1n) is 4.91. The van der Waals surface area contributed by atoms with Gasteiger partial charge in [-0.15, -0.1) is 0 Å². The standard InChI is InChI=1S/C11H11Br2N3/c1-2-15-11-8(14)5-16-10-7(13)4-3-6(12)9(10)11/h3-5H,2,14H2,1H3,(H,15,16). The monoisotopic (exact) mass is 343 g/mol. The molecule has 0 aliphatic carbocycles. The van der Waals surface area contributed by atoms with Crippen LogP contribution in [0.15, 0.2) is 27.3 Å². The molecule has 2 rings (SSSR count). The second-order valence-corrected chi connectivity index (χ2v) is 5.08. The normalized spacial score (nSPS) is 10.7. The number of halogens is 2. The highest BCUT2D eigenvalue weighted by atomic mass is 79.9. The Labute approximate surface area is 111 Å². The molecule has 0 unspecified atom stereocenters. The lowest BCUT2D eigenvalue weighted by Crippen LogP contribution is -2.03. The van der Waals surface area contributed by atoms with Gasteiger partial charge < -0.3 is 11.1 Å². The van der Waals surface area contributed by atoms with Gasteiger partial charge in [0.15, 0.2) is 0 Å². The molecule has 16 heavy (non-hydrogen) atoms. The van der Waals surface area contributed by atoms with Crippen LogP contribution in [0.25, 0.3) is 10.9 Å². The topological polar surface area (TPSA) is 50.9 Å². The van der Waals surface area contributed by atoms with E-state index in [2.05, 4.69) is 42.2 Å². The van der Waals surface area contributed by atoms with E-state index in [-0.39, 0.29) is 0 Å². The van der Waals surface area contributed by atoms with Crippen LogP contribution in [-0.4, -0.2) is 11.5 Å². The van der Waals surface area contributed by atoms with Crippen LogP contribution in [0, 0.1) is 0 Å². The lowest BCUT2D eigenvalue weighted by atomic mass is 10.1. The average Bonchev–Trinajstić information content (AvgIpc) is 2.27. The van der Waals surface area contributed by atoms with Crippen LogP contribution < -0.4 is 11.1 Å². The number of anilines is 2. The van der Waals surface area contributed by atoms with Crippen LogP contribution in [0.4, 0.5) is 11.4 Å². The summed E-state index contributed by atoms with van der Waals surface area (Å²) in [5.41, 5.74) is 8.42.